The van der Waals surface area contributed by atoms with Crippen LogP contribution in [0.4, 0.5) is 0 Å². The molecule has 0 unspecified atom stereocenters. The van der Waals surface area contributed by atoms with Crippen molar-refractivity contribution in [1.82, 2.24) is 5.32 Å². The van der Waals surface area contributed by atoms with Crippen LogP contribution in [0.15, 0.2) is 12.2 Å². The highest BCUT2D eigenvalue weighted by atomic mass is 16.5. The Balaban J connectivity index is 1.64. The molecule has 0 aromatic rings. The number of hydrogen-bond donors (Lipinski definition) is 1. The van der Waals surface area contributed by atoms with Gasteiger partial charge in [0.05, 0.1) is 6.61 Å². The second-order valence-electron chi connectivity index (χ2n) is 4.24. The van der Waals surface area contributed by atoms with Gasteiger partial charge in [0.25, 0.3) is 0 Å². The van der Waals surface area contributed by atoms with Crippen LogP contribution in [0.5, 0.6) is 0 Å². The van der Waals surface area contributed by atoms with Crippen molar-refractivity contribution in [2.75, 3.05) is 26.8 Å². The van der Waals surface area contributed by atoms with Gasteiger partial charge in [-0.2, -0.15) is 0 Å². The van der Waals surface area contributed by atoms with E-state index in [0.717, 1.165) is 30.9 Å². The van der Waals surface area contributed by atoms with Crippen LogP contribution >= 0.6 is 0 Å². The smallest absolute Gasteiger partial charge is 0.0587 e. The predicted octanol–water partition coefficient (Wildman–Crippen LogP) is 1.43. The molecule has 0 heterocycles. The minimum Gasteiger partial charge on any atom is -0.383 e. The fourth-order valence-electron chi connectivity index (χ4n) is 2.59. The summed E-state index contributed by atoms with van der Waals surface area (Å²) in [7, 11) is 1.75. The molecule has 0 aliphatic heterocycles. The number of hydrogen-bond acceptors (Lipinski definition) is 2. The number of fused-ring (bicyclic) bond motifs is 2. The molecular weight excluding hydrogens is 162 g/mol. The lowest BCUT2D eigenvalue weighted by Gasteiger charge is -2.18. The second kappa shape index (κ2) is 4.25. The zero-order valence-corrected chi connectivity index (χ0v) is 8.33. The topological polar surface area (TPSA) is 21.3 Å². The molecule has 13 heavy (non-hydrogen) atoms. The van der Waals surface area contributed by atoms with Crippen LogP contribution in [0.3, 0.4) is 0 Å². The lowest BCUT2D eigenvalue weighted by atomic mass is 9.94. The SMILES string of the molecule is COCCNC[C@@H]1C[C@@H]2C=C[C@H]1C2. The van der Waals surface area contributed by atoms with Crippen LogP contribution in [-0.2, 0) is 4.74 Å². The van der Waals surface area contributed by atoms with E-state index < -0.39 is 0 Å². The van der Waals surface area contributed by atoms with Crippen molar-refractivity contribution >= 4 is 0 Å². The van der Waals surface area contributed by atoms with Crippen LogP contribution in [0, 0.1) is 17.8 Å². The lowest BCUT2D eigenvalue weighted by molar-refractivity contribution is 0.197. The van der Waals surface area contributed by atoms with E-state index in [1.165, 1.54) is 19.4 Å². The van der Waals surface area contributed by atoms with E-state index in [2.05, 4.69) is 17.5 Å². The Morgan fingerprint density at radius 2 is 2.31 bits per heavy atom. The number of allylic oxidation sites excluding steroid dienone is 2. The van der Waals surface area contributed by atoms with Gasteiger partial charge in [0, 0.05) is 13.7 Å². The van der Waals surface area contributed by atoms with Crippen molar-refractivity contribution < 1.29 is 4.74 Å². The summed E-state index contributed by atoms with van der Waals surface area (Å²) in [6.07, 6.45) is 7.63. The van der Waals surface area contributed by atoms with Gasteiger partial charge >= 0.3 is 0 Å². The summed E-state index contributed by atoms with van der Waals surface area (Å²) in [5, 5.41) is 3.45. The summed E-state index contributed by atoms with van der Waals surface area (Å²) in [6.45, 7) is 3.00. The van der Waals surface area contributed by atoms with Crippen molar-refractivity contribution in [3.63, 3.8) is 0 Å². The molecule has 0 amide bonds. The van der Waals surface area contributed by atoms with Crippen LogP contribution in [0.2, 0.25) is 0 Å². The van der Waals surface area contributed by atoms with Gasteiger partial charge in [-0.3, -0.25) is 0 Å². The molecule has 0 spiro atoms. The van der Waals surface area contributed by atoms with Gasteiger partial charge in [0.1, 0.15) is 0 Å². The Hall–Kier alpha value is -0.340. The first kappa shape index (κ1) is 9.22. The standard InChI is InChI=1S/C11H19NO/c1-13-5-4-12-8-11-7-9-2-3-10(11)6-9/h2-3,9-12H,4-8H2,1H3/t9-,10+,11+/m1/s1. The molecule has 2 rings (SSSR count). The molecule has 2 aliphatic carbocycles. The summed E-state index contributed by atoms with van der Waals surface area (Å²) in [5.74, 6) is 2.67. The highest BCUT2D eigenvalue weighted by Gasteiger charge is 2.34. The molecule has 0 aromatic carbocycles. The zero-order chi connectivity index (χ0) is 9.10. The maximum absolute atomic E-state index is 4.99. The Kier molecular flexibility index (Phi) is 3.01. The highest BCUT2D eigenvalue weighted by molar-refractivity contribution is 5.10. The van der Waals surface area contributed by atoms with E-state index in [1.54, 1.807) is 7.11 Å². The zero-order valence-electron chi connectivity index (χ0n) is 8.33. The average molecular weight is 181 g/mol. The fraction of sp³-hybridized carbons (Fsp3) is 0.818. The van der Waals surface area contributed by atoms with E-state index in [0.29, 0.717) is 0 Å². The molecule has 2 aliphatic rings. The molecule has 0 saturated heterocycles. The van der Waals surface area contributed by atoms with Crippen LogP contribution < -0.4 is 5.32 Å². The molecule has 1 N–H and O–H groups in total. The van der Waals surface area contributed by atoms with Gasteiger partial charge in [0.2, 0.25) is 0 Å². The van der Waals surface area contributed by atoms with Crippen molar-refractivity contribution in [3.05, 3.63) is 12.2 Å². The first-order chi connectivity index (χ1) is 6.40. The van der Waals surface area contributed by atoms with Gasteiger partial charge in [-0.1, -0.05) is 12.2 Å². The largest absolute Gasteiger partial charge is 0.383 e. The van der Waals surface area contributed by atoms with Gasteiger partial charge in [-0.25, -0.2) is 0 Å². The molecule has 2 nitrogen and oxygen atoms in total. The van der Waals surface area contributed by atoms with Gasteiger partial charge in [-0.15, -0.1) is 0 Å². The number of ether oxygens (including phenoxy) is 1. The molecule has 3 atom stereocenters. The Labute approximate surface area is 80.4 Å². The maximum Gasteiger partial charge on any atom is 0.0587 e. The van der Waals surface area contributed by atoms with E-state index in [4.69, 9.17) is 4.74 Å². The summed E-state index contributed by atoms with van der Waals surface area (Å²) in [5.41, 5.74) is 0. The van der Waals surface area contributed by atoms with Gasteiger partial charge in [-0.05, 0) is 37.1 Å². The van der Waals surface area contributed by atoms with E-state index in [-0.39, 0.29) is 0 Å². The minimum atomic E-state index is 0.830. The summed E-state index contributed by atoms with van der Waals surface area (Å²) >= 11 is 0. The van der Waals surface area contributed by atoms with Crippen LogP contribution in [0.1, 0.15) is 12.8 Å². The normalized spacial score (nSPS) is 35.9. The van der Waals surface area contributed by atoms with Gasteiger partial charge in [0.15, 0.2) is 0 Å². The molecule has 0 aromatic heterocycles. The Bertz CT molecular complexity index is 191. The minimum absolute atomic E-state index is 0.830. The van der Waals surface area contributed by atoms with Gasteiger partial charge < -0.3 is 10.1 Å². The summed E-state index contributed by atoms with van der Waals surface area (Å²) < 4.78 is 4.99. The first-order valence-electron chi connectivity index (χ1n) is 5.28. The van der Waals surface area contributed by atoms with Crippen molar-refractivity contribution in [2.45, 2.75) is 12.8 Å². The van der Waals surface area contributed by atoms with E-state index in [9.17, 15) is 0 Å². The number of nitrogens with one attached hydrogen (secondary N) is 1. The Morgan fingerprint density at radius 3 is 2.92 bits per heavy atom. The average Bonchev–Trinajstić information content (AvgIpc) is 2.73. The third-order valence-electron chi connectivity index (χ3n) is 3.31. The third-order valence-corrected chi connectivity index (χ3v) is 3.31. The Morgan fingerprint density at radius 1 is 1.38 bits per heavy atom. The molecule has 2 heteroatoms. The van der Waals surface area contributed by atoms with E-state index >= 15 is 0 Å². The van der Waals surface area contributed by atoms with Crippen molar-refractivity contribution in [1.29, 1.82) is 0 Å². The van der Waals surface area contributed by atoms with Crippen molar-refractivity contribution in [2.24, 2.45) is 17.8 Å². The van der Waals surface area contributed by atoms with Crippen LogP contribution in [0.25, 0.3) is 0 Å². The quantitative estimate of drug-likeness (QED) is 0.512. The molecule has 1 fully saturated rings. The predicted molar refractivity (Wildman–Crippen MR) is 53.6 cm³/mol. The maximum atomic E-state index is 4.99. The fourth-order valence-corrected chi connectivity index (χ4v) is 2.59. The molecular formula is C11H19NO. The summed E-state index contributed by atoms with van der Waals surface area (Å²) in [4.78, 5) is 0. The monoisotopic (exact) mass is 181 g/mol. The van der Waals surface area contributed by atoms with Crippen LogP contribution in [-0.4, -0.2) is 26.8 Å². The van der Waals surface area contributed by atoms with Crippen molar-refractivity contribution in [3.8, 4) is 0 Å². The highest BCUT2D eigenvalue weighted by Crippen LogP contribution is 2.42. The first-order valence-corrected chi connectivity index (χ1v) is 5.28. The number of rotatable bonds is 5. The molecule has 1 saturated carbocycles. The molecule has 2 bridgehead atoms. The molecule has 0 radical (unpaired) electrons. The number of methoxy groups -OCH3 is 1. The van der Waals surface area contributed by atoms with E-state index in [1.807, 2.05) is 0 Å². The second-order valence-corrected chi connectivity index (χ2v) is 4.24. The molecule has 74 valence electrons. The lowest BCUT2D eigenvalue weighted by Crippen LogP contribution is -2.28. The summed E-state index contributed by atoms with van der Waals surface area (Å²) in [6, 6.07) is 0. The third kappa shape index (κ3) is 2.12.